The van der Waals surface area contributed by atoms with Crippen LogP contribution in [0.2, 0.25) is 0 Å². The molecule has 0 bridgehead atoms. The van der Waals surface area contributed by atoms with Gasteiger partial charge in [-0.1, -0.05) is 25.5 Å². The third-order valence-electron chi connectivity index (χ3n) is 4.04. The lowest BCUT2D eigenvalue weighted by atomic mass is 10.2. The van der Waals surface area contributed by atoms with E-state index < -0.39 is 0 Å². The van der Waals surface area contributed by atoms with E-state index in [9.17, 15) is 0 Å². The molecule has 1 aromatic carbocycles. The van der Waals surface area contributed by atoms with E-state index in [4.69, 9.17) is 9.72 Å². The molecule has 0 saturated heterocycles. The van der Waals surface area contributed by atoms with Crippen molar-refractivity contribution in [2.75, 3.05) is 13.4 Å². The zero-order valence-corrected chi connectivity index (χ0v) is 14.7. The molecule has 0 spiro atoms. The molecule has 2 aromatic heterocycles. The van der Waals surface area contributed by atoms with Crippen molar-refractivity contribution >= 4 is 22.8 Å². The molecule has 0 N–H and O–H groups in total. The maximum Gasteiger partial charge on any atom is 0.140 e. The van der Waals surface area contributed by atoms with Gasteiger partial charge in [0.2, 0.25) is 0 Å². The lowest BCUT2D eigenvalue weighted by Crippen LogP contribution is -2.05. The highest BCUT2D eigenvalue weighted by Crippen LogP contribution is 2.25. The van der Waals surface area contributed by atoms with Crippen molar-refractivity contribution in [3.63, 3.8) is 0 Å². The van der Waals surface area contributed by atoms with Gasteiger partial charge in [0, 0.05) is 28.7 Å². The Balaban J connectivity index is 2.00. The Morgan fingerprint density at radius 3 is 2.61 bits per heavy atom. The summed E-state index contributed by atoms with van der Waals surface area (Å²) in [5, 5.41) is 1.23. The molecule has 23 heavy (non-hydrogen) atoms. The van der Waals surface area contributed by atoms with Crippen LogP contribution in [0.15, 0.2) is 47.5 Å². The van der Waals surface area contributed by atoms with Crippen molar-refractivity contribution in [2.45, 2.75) is 31.2 Å². The molecular weight excluding hydrogens is 304 g/mol. The molecule has 120 valence electrons. The predicted octanol–water partition coefficient (Wildman–Crippen LogP) is 4.77. The molecule has 0 unspecified atom stereocenters. The molecular formula is C19H22N2OS. The van der Waals surface area contributed by atoms with E-state index in [-0.39, 0.29) is 0 Å². The minimum Gasteiger partial charge on any atom is -0.497 e. The number of hydrogen-bond donors (Lipinski definition) is 0. The summed E-state index contributed by atoms with van der Waals surface area (Å²) in [6, 6.07) is 12.8. The van der Waals surface area contributed by atoms with Crippen molar-refractivity contribution in [1.82, 2.24) is 9.55 Å². The van der Waals surface area contributed by atoms with Crippen molar-refractivity contribution in [2.24, 2.45) is 0 Å². The number of hydrogen-bond acceptors (Lipinski definition) is 3. The molecule has 0 aliphatic carbocycles. The van der Waals surface area contributed by atoms with Gasteiger partial charge in [-0.05, 0) is 42.5 Å². The Morgan fingerprint density at radius 1 is 1.17 bits per heavy atom. The monoisotopic (exact) mass is 326 g/mol. The minimum absolute atomic E-state index is 0.842. The number of nitrogens with zero attached hydrogens (tertiary/aromatic N) is 2. The van der Waals surface area contributed by atoms with Gasteiger partial charge in [0.15, 0.2) is 0 Å². The van der Waals surface area contributed by atoms with Crippen LogP contribution in [0.3, 0.4) is 0 Å². The highest BCUT2D eigenvalue weighted by molar-refractivity contribution is 7.98. The Labute approximate surface area is 141 Å². The fraction of sp³-hybridized carbons (Fsp3) is 0.316. The molecule has 4 heteroatoms. The van der Waals surface area contributed by atoms with Crippen LogP contribution >= 0.6 is 11.8 Å². The third-order valence-corrected chi connectivity index (χ3v) is 4.73. The predicted molar refractivity (Wildman–Crippen MR) is 97.6 cm³/mol. The standard InChI is InChI=1S/C19H22N2OS/c1-4-5-16-10-15-11-18(23-3)12-20-19(15)21(16)13-14-6-8-17(22-2)9-7-14/h6-12H,4-5,13H2,1-3H3. The molecule has 3 rings (SSSR count). The van der Waals surface area contributed by atoms with Crippen LogP contribution in [0.5, 0.6) is 5.75 Å². The molecule has 0 radical (unpaired) electrons. The summed E-state index contributed by atoms with van der Waals surface area (Å²) in [4.78, 5) is 5.91. The average Bonchev–Trinajstić information content (AvgIpc) is 2.92. The number of rotatable bonds is 6. The Kier molecular flexibility index (Phi) is 4.91. The normalized spacial score (nSPS) is 11.1. The van der Waals surface area contributed by atoms with Crippen molar-refractivity contribution in [3.8, 4) is 5.75 Å². The van der Waals surface area contributed by atoms with Gasteiger partial charge in [-0.15, -0.1) is 11.8 Å². The molecule has 0 saturated carbocycles. The molecule has 0 fully saturated rings. The summed E-state index contributed by atoms with van der Waals surface area (Å²) < 4.78 is 7.58. The van der Waals surface area contributed by atoms with Gasteiger partial charge >= 0.3 is 0 Å². The van der Waals surface area contributed by atoms with Gasteiger partial charge in [0.1, 0.15) is 11.4 Å². The van der Waals surface area contributed by atoms with E-state index in [1.165, 1.54) is 21.5 Å². The van der Waals surface area contributed by atoms with E-state index in [0.717, 1.165) is 30.8 Å². The zero-order chi connectivity index (χ0) is 16.2. The zero-order valence-electron chi connectivity index (χ0n) is 13.9. The highest BCUT2D eigenvalue weighted by atomic mass is 32.2. The number of ether oxygens (including phenoxy) is 1. The van der Waals surface area contributed by atoms with Crippen LogP contribution in [0.1, 0.15) is 24.6 Å². The average molecular weight is 326 g/mol. The van der Waals surface area contributed by atoms with Gasteiger partial charge in [-0.3, -0.25) is 0 Å². The van der Waals surface area contributed by atoms with Gasteiger partial charge in [0.05, 0.1) is 7.11 Å². The van der Waals surface area contributed by atoms with Gasteiger partial charge in [-0.25, -0.2) is 4.98 Å². The van der Waals surface area contributed by atoms with E-state index in [2.05, 4.69) is 42.0 Å². The van der Waals surface area contributed by atoms with Crippen LogP contribution in [0.25, 0.3) is 11.0 Å². The molecule has 0 aliphatic heterocycles. The summed E-state index contributed by atoms with van der Waals surface area (Å²) in [7, 11) is 1.70. The minimum atomic E-state index is 0.842. The summed E-state index contributed by atoms with van der Waals surface area (Å²) >= 11 is 1.73. The Hall–Kier alpha value is -1.94. The lowest BCUT2D eigenvalue weighted by Gasteiger charge is -2.10. The van der Waals surface area contributed by atoms with Crippen molar-refractivity contribution < 1.29 is 4.74 Å². The van der Waals surface area contributed by atoms with Crippen LogP contribution in [-0.4, -0.2) is 22.9 Å². The lowest BCUT2D eigenvalue weighted by molar-refractivity contribution is 0.414. The number of aromatic nitrogens is 2. The van der Waals surface area contributed by atoms with Crippen LogP contribution in [0.4, 0.5) is 0 Å². The van der Waals surface area contributed by atoms with Crippen molar-refractivity contribution in [3.05, 3.63) is 53.9 Å². The second-order valence-corrected chi connectivity index (χ2v) is 6.49. The first-order chi connectivity index (χ1) is 11.2. The molecule has 3 nitrogen and oxygen atoms in total. The smallest absolute Gasteiger partial charge is 0.140 e. The van der Waals surface area contributed by atoms with Crippen LogP contribution in [0, 0.1) is 0 Å². The number of thioether (sulfide) groups is 1. The molecule has 0 amide bonds. The fourth-order valence-corrected chi connectivity index (χ4v) is 3.25. The Morgan fingerprint density at radius 2 is 1.96 bits per heavy atom. The quantitative estimate of drug-likeness (QED) is 0.611. The van der Waals surface area contributed by atoms with Crippen molar-refractivity contribution in [1.29, 1.82) is 0 Å². The van der Waals surface area contributed by atoms with Gasteiger partial charge < -0.3 is 9.30 Å². The largest absolute Gasteiger partial charge is 0.497 e. The first-order valence-electron chi connectivity index (χ1n) is 7.90. The number of methoxy groups -OCH3 is 1. The molecule has 2 heterocycles. The first-order valence-corrected chi connectivity index (χ1v) is 9.12. The third kappa shape index (κ3) is 3.37. The number of pyridine rings is 1. The van der Waals surface area contributed by atoms with E-state index in [1.54, 1.807) is 18.9 Å². The highest BCUT2D eigenvalue weighted by Gasteiger charge is 2.11. The van der Waals surface area contributed by atoms with Gasteiger partial charge in [0.25, 0.3) is 0 Å². The van der Waals surface area contributed by atoms with E-state index >= 15 is 0 Å². The molecule has 3 aromatic rings. The Bertz CT molecular complexity index is 793. The first kappa shape index (κ1) is 15.9. The topological polar surface area (TPSA) is 27.1 Å². The maximum absolute atomic E-state index is 5.24. The maximum atomic E-state index is 5.24. The summed E-state index contributed by atoms with van der Waals surface area (Å²) in [6.45, 7) is 3.06. The molecule has 0 atom stereocenters. The van der Waals surface area contributed by atoms with E-state index in [1.807, 2.05) is 18.3 Å². The fourth-order valence-electron chi connectivity index (χ4n) is 2.84. The van der Waals surface area contributed by atoms with E-state index in [0.29, 0.717) is 0 Å². The summed E-state index contributed by atoms with van der Waals surface area (Å²) in [6.07, 6.45) is 6.26. The second kappa shape index (κ2) is 7.09. The number of aryl methyl sites for hydroxylation is 1. The summed E-state index contributed by atoms with van der Waals surface area (Å²) in [5.74, 6) is 0.891. The SMILES string of the molecule is CCCc1cc2cc(SC)cnc2n1Cc1ccc(OC)cc1. The molecule has 0 aliphatic rings. The van der Waals surface area contributed by atoms with Crippen LogP contribution < -0.4 is 4.74 Å². The van der Waals surface area contributed by atoms with Gasteiger partial charge in [-0.2, -0.15) is 0 Å². The number of benzene rings is 1. The second-order valence-electron chi connectivity index (χ2n) is 5.61. The summed E-state index contributed by atoms with van der Waals surface area (Å²) in [5.41, 5.74) is 3.68. The number of fused-ring (bicyclic) bond motifs is 1. The van der Waals surface area contributed by atoms with Crippen LogP contribution in [-0.2, 0) is 13.0 Å².